The molecule has 1 radical (unpaired) electrons. The van der Waals surface area contributed by atoms with E-state index < -0.39 is 71.7 Å². The summed E-state index contributed by atoms with van der Waals surface area (Å²) in [7, 11) is 0. The number of carbonyl (C=O) groups excluding carboxylic acids is 6. The molecule has 0 aromatic carbocycles. The summed E-state index contributed by atoms with van der Waals surface area (Å²) in [6.07, 6.45) is 8.89. The van der Waals surface area contributed by atoms with Crippen molar-refractivity contribution in [1.29, 1.82) is 0 Å². The van der Waals surface area contributed by atoms with E-state index in [1.54, 1.807) is 0 Å². The zero-order valence-electron chi connectivity index (χ0n) is 31.6. The van der Waals surface area contributed by atoms with Gasteiger partial charge in [-0.05, 0) is 51.6 Å². The minimum absolute atomic E-state index is 0. The minimum atomic E-state index is -1.38. The Morgan fingerprint density at radius 2 is 0.930 bits per heavy atom. The van der Waals surface area contributed by atoms with Gasteiger partial charge in [-0.1, -0.05) is 0 Å². The summed E-state index contributed by atoms with van der Waals surface area (Å²) >= 11 is 0. The summed E-state index contributed by atoms with van der Waals surface area (Å²) in [5.74, 6) is -6.75. The van der Waals surface area contributed by atoms with Crippen LogP contribution in [0.3, 0.4) is 0 Å². The topological polar surface area (TPSA) is 433 Å². The van der Waals surface area contributed by atoms with Crippen LogP contribution in [0.2, 0.25) is 0 Å². The van der Waals surface area contributed by atoms with Gasteiger partial charge in [-0.2, -0.15) is 0 Å². The predicted octanol–water partition coefficient (Wildman–Crippen LogP) is -6.30. The number of unbranched alkanes of at least 4 members (excludes halogenated alkanes) is 2. The molecule has 0 saturated heterocycles. The average Bonchev–Trinajstić information content (AvgIpc) is 3.84. The van der Waals surface area contributed by atoms with Crippen molar-refractivity contribution in [3.8, 4) is 0 Å². The Kier molecular flexibility index (Phi) is 33.2. The SMILES string of the molecule is CC(=O)O.CC(=O)O.NCCCCC(NC(=O)[C@H](Cc1cnc[nH]1)NC(=O)CN)C(=O)[O-].NCCCC[C@H](NC(=O)[C@H](Cc1cnc[nH]1)NC(=O)CN)C(=O)[O-].[Cu]. The second-order valence-electron chi connectivity index (χ2n) is 11.6. The quantitative estimate of drug-likeness (QED) is 0.0387. The molecule has 16 N–H and O–H groups in total. The third-order valence-corrected chi connectivity index (χ3v) is 6.73. The zero-order valence-corrected chi connectivity index (χ0v) is 32.5. The van der Waals surface area contributed by atoms with Gasteiger partial charge >= 0.3 is 0 Å². The van der Waals surface area contributed by atoms with Gasteiger partial charge in [-0.3, -0.25) is 28.8 Å². The second-order valence-corrected chi connectivity index (χ2v) is 11.6. The van der Waals surface area contributed by atoms with E-state index >= 15 is 0 Å². The minimum Gasteiger partial charge on any atom is -0.548 e. The predicted molar refractivity (Wildman–Crippen MR) is 193 cm³/mol. The largest absolute Gasteiger partial charge is 0.548 e. The molecule has 4 amide bonds. The summed E-state index contributed by atoms with van der Waals surface area (Å²) in [5, 5.41) is 46.9. The van der Waals surface area contributed by atoms with E-state index in [1.807, 2.05) is 0 Å². The number of nitrogens with zero attached hydrogens (tertiary/aromatic N) is 2. The van der Waals surface area contributed by atoms with E-state index in [0.29, 0.717) is 50.2 Å². The van der Waals surface area contributed by atoms with Gasteiger partial charge in [-0.15, -0.1) is 0 Å². The molecule has 2 heterocycles. The van der Waals surface area contributed by atoms with E-state index in [9.17, 15) is 39.0 Å². The third-order valence-electron chi connectivity index (χ3n) is 6.73. The van der Waals surface area contributed by atoms with Gasteiger partial charge in [0, 0.05) is 67.5 Å². The molecule has 2 aromatic rings. The number of rotatable bonds is 22. The smallest absolute Gasteiger partial charge is 0.300 e. The van der Waals surface area contributed by atoms with Gasteiger partial charge in [0.2, 0.25) is 23.6 Å². The maximum absolute atomic E-state index is 12.4. The molecular weight excluding hydrogens is 808 g/mol. The summed E-state index contributed by atoms with van der Waals surface area (Å²) in [6, 6.07) is -4.25. The molecule has 24 nitrogen and oxygen atoms in total. The maximum atomic E-state index is 12.4. The Bertz CT molecular complexity index is 1350. The van der Waals surface area contributed by atoms with Gasteiger partial charge in [-0.25, -0.2) is 9.97 Å². The first-order chi connectivity index (χ1) is 26.4. The van der Waals surface area contributed by atoms with E-state index in [1.165, 1.54) is 25.0 Å². The number of aromatic nitrogens is 4. The van der Waals surface area contributed by atoms with E-state index in [2.05, 4.69) is 41.2 Å². The Morgan fingerprint density at radius 1 is 0.614 bits per heavy atom. The van der Waals surface area contributed by atoms with Crippen LogP contribution in [0.5, 0.6) is 0 Å². The molecule has 2 rings (SSSR count). The van der Waals surface area contributed by atoms with Gasteiger partial charge in [0.15, 0.2) is 0 Å². The molecule has 0 saturated carbocycles. The molecule has 1 unspecified atom stereocenters. The average molecular weight is 862 g/mol. The molecule has 0 bridgehead atoms. The van der Waals surface area contributed by atoms with Crippen LogP contribution in [-0.4, -0.2) is 128 Å². The number of aliphatic carboxylic acids is 4. The Morgan fingerprint density at radius 3 is 1.16 bits per heavy atom. The number of H-pyrrole nitrogens is 2. The molecule has 0 aliphatic heterocycles. The molecule has 0 aliphatic carbocycles. The number of imidazole rings is 2. The number of aromatic amines is 2. The van der Waals surface area contributed by atoms with Crippen LogP contribution < -0.4 is 54.4 Å². The summed E-state index contributed by atoms with van der Waals surface area (Å²) in [4.78, 5) is 101. The molecule has 25 heteroatoms. The van der Waals surface area contributed by atoms with Gasteiger partial charge in [0.05, 0.1) is 49.8 Å². The zero-order chi connectivity index (χ0) is 43.1. The van der Waals surface area contributed by atoms with Crippen LogP contribution in [0.4, 0.5) is 0 Å². The molecule has 0 fully saturated rings. The van der Waals surface area contributed by atoms with E-state index in [0.717, 1.165) is 13.8 Å². The number of nitrogens with one attached hydrogen (secondary N) is 6. The van der Waals surface area contributed by atoms with Crippen LogP contribution >= 0.6 is 0 Å². The van der Waals surface area contributed by atoms with Crippen molar-refractivity contribution < 1.29 is 75.9 Å². The van der Waals surface area contributed by atoms with Crippen LogP contribution in [0.25, 0.3) is 0 Å². The molecule has 0 aliphatic rings. The van der Waals surface area contributed by atoms with Crippen molar-refractivity contribution >= 4 is 47.5 Å². The second kappa shape index (κ2) is 33.8. The monoisotopic (exact) mass is 861 g/mol. The fourth-order valence-electron chi connectivity index (χ4n) is 4.19. The summed E-state index contributed by atoms with van der Waals surface area (Å²) < 4.78 is 0. The number of amides is 4. The fourth-order valence-corrected chi connectivity index (χ4v) is 4.19. The van der Waals surface area contributed by atoms with Gasteiger partial charge in [0.1, 0.15) is 12.1 Å². The van der Waals surface area contributed by atoms with Crippen molar-refractivity contribution in [3.05, 3.63) is 36.4 Å². The first kappa shape index (κ1) is 55.9. The number of nitrogens with two attached hydrogens (primary N) is 4. The molecule has 4 atom stereocenters. The van der Waals surface area contributed by atoms with Crippen LogP contribution in [0.1, 0.15) is 63.8 Å². The number of carbonyl (C=O) groups is 8. The fraction of sp³-hybridized carbons (Fsp3) is 0.562. The molecule has 0 spiro atoms. The first-order valence-electron chi connectivity index (χ1n) is 17.2. The summed E-state index contributed by atoms with van der Waals surface area (Å²) in [6.45, 7) is 2.46. The van der Waals surface area contributed by atoms with E-state index in [-0.39, 0.29) is 55.8 Å². The van der Waals surface area contributed by atoms with Crippen LogP contribution in [0, 0.1) is 0 Å². The van der Waals surface area contributed by atoms with Crippen molar-refractivity contribution in [1.82, 2.24) is 41.2 Å². The van der Waals surface area contributed by atoms with E-state index in [4.69, 9.17) is 42.7 Å². The molecular formula is C32H54CuN12O12-2. The maximum Gasteiger partial charge on any atom is 0.300 e. The first-order valence-corrected chi connectivity index (χ1v) is 17.2. The molecule has 57 heavy (non-hydrogen) atoms. The molecule has 327 valence electrons. The van der Waals surface area contributed by atoms with Gasteiger partial charge in [0.25, 0.3) is 11.9 Å². The number of hydrogen-bond donors (Lipinski definition) is 12. The van der Waals surface area contributed by atoms with Crippen LogP contribution in [-0.2, 0) is 68.3 Å². The molecule has 2 aromatic heterocycles. The van der Waals surface area contributed by atoms with Gasteiger partial charge < -0.3 is 84.2 Å². The number of carboxylic acids is 4. The van der Waals surface area contributed by atoms with Crippen molar-refractivity contribution in [3.63, 3.8) is 0 Å². The number of hydrogen-bond acceptors (Lipinski definition) is 16. The Labute approximate surface area is 338 Å². The van der Waals surface area contributed by atoms with Crippen molar-refractivity contribution in [2.45, 2.75) is 89.4 Å². The van der Waals surface area contributed by atoms with Crippen molar-refractivity contribution in [2.75, 3.05) is 26.2 Å². The number of carboxylic acid groups (broad SMARTS) is 4. The third kappa shape index (κ3) is 30.4. The summed E-state index contributed by atoms with van der Waals surface area (Å²) in [5.41, 5.74) is 22.4. The normalized spacial score (nSPS) is 11.9. The van der Waals surface area contributed by atoms with Crippen LogP contribution in [0.15, 0.2) is 25.0 Å². The standard InChI is InChI=1S/2C14H24N6O4.2C2H4O2.Cu/c2*15-4-2-1-3-10(14(23)24)20-13(22)11(19-12(21)6-16)5-9-7-17-8-18-9;2*1-2(3)4;/h2*7-8,10-11H,1-6,15-16H2,(H,17,18)(H,19,21)(H,20,22)(H,23,24);2*1H3,(H,3,4);/p-2/t10?,11-;10-,11-;;;/m00.../s1. The Hall–Kier alpha value is -5.46. The van der Waals surface area contributed by atoms with Crippen molar-refractivity contribution in [2.24, 2.45) is 22.9 Å². The Balaban J connectivity index is -0.000000847.